The van der Waals surface area contributed by atoms with Crippen LogP contribution in [0.25, 0.3) is 0 Å². The van der Waals surface area contributed by atoms with Crippen molar-refractivity contribution in [2.45, 2.75) is 58.4 Å². The van der Waals surface area contributed by atoms with Gasteiger partial charge in [0.15, 0.2) is 0 Å². The zero-order valence-electron chi connectivity index (χ0n) is 15.9. The van der Waals surface area contributed by atoms with Crippen LogP contribution in [0.2, 0.25) is 13.1 Å². The van der Waals surface area contributed by atoms with E-state index in [1.54, 1.807) is 0 Å². The largest absolute Gasteiger partial charge is 0.466 e. The highest BCUT2D eigenvalue weighted by Crippen LogP contribution is 2.42. The third-order valence-corrected chi connectivity index (χ3v) is 7.17. The molecule has 0 amide bonds. The smallest absolute Gasteiger partial charge is 0.353 e. The Balaban J connectivity index is 2.45. The fraction of sp³-hybridized carbons (Fsp3) is 0.579. The summed E-state index contributed by atoms with van der Waals surface area (Å²) in [6.07, 6.45) is -0.126. The van der Waals surface area contributed by atoms with Gasteiger partial charge in [0.2, 0.25) is 13.9 Å². The number of hydrogen-bond donors (Lipinski definition) is 0. The van der Waals surface area contributed by atoms with E-state index < -0.39 is 31.4 Å². The Morgan fingerprint density at radius 3 is 2.28 bits per heavy atom. The van der Waals surface area contributed by atoms with Gasteiger partial charge in [0.25, 0.3) is 0 Å². The standard InChI is InChI=1S/C19H28O5Si/c1-18(2,3)16(19(17(21)22-4)13-12-15(20)23-19)24-25(5,6)14-10-8-7-9-11-14/h7-11,16H,12-13H2,1-6H3/t16-,19+/m0/s1. The Labute approximate surface area is 150 Å². The average molecular weight is 365 g/mol. The lowest BCUT2D eigenvalue weighted by Gasteiger charge is -2.44. The molecule has 0 bridgehead atoms. The minimum absolute atomic E-state index is 0.193. The minimum Gasteiger partial charge on any atom is -0.466 e. The summed E-state index contributed by atoms with van der Waals surface area (Å²) >= 11 is 0. The van der Waals surface area contributed by atoms with E-state index in [0.717, 1.165) is 5.19 Å². The molecule has 1 heterocycles. The van der Waals surface area contributed by atoms with Gasteiger partial charge in [-0.25, -0.2) is 4.79 Å². The second-order valence-electron chi connectivity index (χ2n) is 8.10. The molecule has 6 heteroatoms. The summed E-state index contributed by atoms with van der Waals surface area (Å²) in [5.74, 6) is -0.932. The molecule has 5 nitrogen and oxygen atoms in total. The summed E-state index contributed by atoms with van der Waals surface area (Å²) in [7, 11) is -1.03. The fourth-order valence-electron chi connectivity index (χ4n) is 3.37. The zero-order chi connectivity index (χ0) is 18.9. The monoisotopic (exact) mass is 364 g/mol. The number of carbonyl (C=O) groups excluding carboxylic acids is 2. The lowest BCUT2D eigenvalue weighted by atomic mass is 9.77. The van der Waals surface area contributed by atoms with E-state index in [-0.39, 0.29) is 18.8 Å². The molecule has 1 aliphatic heterocycles. The minimum atomic E-state index is -2.35. The average Bonchev–Trinajstić information content (AvgIpc) is 2.94. The number of ether oxygens (including phenoxy) is 2. The van der Waals surface area contributed by atoms with Crippen molar-refractivity contribution in [2.24, 2.45) is 5.41 Å². The third-order valence-electron chi connectivity index (χ3n) is 4.62. The predicted octanol–water partition coefficient (Wildman–Crippen LogP) is 2.78. The van der Waals surface area contributed by atoms with Crippen molar-refractivity contribution < 1.29 is 23.5 Å². The van der Waals surface area contributed by atoms with E-state index in [1.165, 1.54) is 7.11 Å². The van der Waals surface area contributed by atoms with Crippen molar-refractivity contribution in [1.82, 2.24) is 0 Å². The normalized spacial score (nSPS) is 22.4. The van der Waals surface area contributed by atoms with Crippen molar-refractivity contribution in [2.75, 3.05) is 7.11 Å². The van der Waals surface area contributed by atoms with Gasteiger partial charge >= 0.3 is 11.9 Å². The number of benzene rings is 1. The second kappa shape index (κ2) is 6.92. The van der Waals surface area contributed by atoms with E-state index >= 15 is 0 Å². The molecule has 1 aliphatic rings. The summed E-state index contributed by atoms with van der Waals surface area (Å²) in [6, 6.07) is 10.00. The SMILES string of the molecule is COC(=O)[C@]1([C@@H](O[Si](C)(C)c2ccccc2)C(C)(C)C)CCC(=O)O1. The summed E-state index contributed by atoms with van der Waals surface area (Å²) in [6.45, 7) is 10.1. The van der Waals surface area contributed by atoms with Crippen LogP contribution >= 0.6 is 0 Å². The molecule has 0 aliphatic carbocycles. The third kappa shape index (κ3) is 3.95. The summed E-state index contributed by atoms with van der Waals surface area (Å²) < 4.78 is 17.2. The van der Waals surface area contributed by atoms with Crippen molar-refractivity contribution in [3.8, 4) is 0 Å². The van der Waals surface area contributed by atoms with Crippen molar-refractivity contribution in [3.63, 3.8) is 0 Å². The van der Waals surface area contributed by atoms with Crippen LogP contribution in [0.3, 0.4) is 0 Å². The van der Waals surface area contributed by atoms with E-state index in [9.17, 15) is 9.59 Å². The molecule has 1 saturated heterocycles. The summed E-state index contributed by atoms with van der Waals surface area (Å²) in [4.78, 5) is 24.5. The van der Waals surface area contributed by atoms with Gasteiger partial charge < -0.3 is 13.9 Å². The highest BCUT2D eigenvalue weighted by molar-refractivity contribution is 6.84. The Kier molecular flexibility index (Phi) is 5.44. The van der Waals surface area contributed by atoms with Crippen LogP contribution < -0.4 is 5.19 Å². The molecular weight excluding hydrogens is 336 g/mol. The van der Waals surface area contributed by atoms with Crippen LogP contribution in [0.15, 0.2) is 30.3 Å². The molecule has 2 atom stereocenters. The maximum atomic E-state index is 12.6. The fourth-order valence-corrected chi connectivity index (χ4v) is 5.64. The number of rotatable bonds is 5. The number of methoxy groups -OCH3 is 1. The van der Waals surface area contributed by atoms with Crippen molar-refractivity contribution >= 4 is 25.4 Å². The van der Waals surface area contributed by atoms with Crippen LogP contribution in [0, 0.1) is 5.41 Å². The molecular formula is C19H28O5Si. The molecule has 1 aromatic carbocycles. The molecule has 138 valence electrons. The van der Waals surface area contributed by atoms with Crippen LogP contribution in [0.5, 0.6) is 0 Å². The van der Waals surface area contributed by atoms with E-state index in [1.807, 2.05) is 51.1 Å². The number of carbonyl (C=O) groups is 2. The maximum Gasteiger partial charge on any atom is 0.353 e. The number of hydrogen-bond acceptors (Lipinski definition) is 5. The highest BCUT2D eigenvalue weighted by atomic mass is 28.4. The quantitative estimate of drug-likeness (QED) is 0.594. The lowest BCUT2D eigenvalue weighted by Crippen LogP contribution is -2.61. The Morgan fingerprint density at radius 1 is 1.24 bits per heavy atom. The van der Waals surface area contributed by atoms with Gasteiger partial charge in [-0.15, -0.1) is 0 Å². The molecule has 25 heavy (non-hydrogen) atoms. The first kappa shape index (κ1) is 19.7. The van der Waals surface area contributed by atoms with Crippen molar-refractivity contribution in [3.05, 3.63) is 30.3 Å². The van der Waals surface area contributed by atoms with E-state index in [0.29, 0.717) is 0 Å². The second-order valence-corrected chi connectivity index (χ2v) is 11.9. The Bertz CT molecular complexity index is 635. The molecule has 1 fully saturated rings. The predicted molar refractivity (Wildman–Crippen MR) is 98.0 cm³/mol. The van der Waals surface area contributed by atoms with Gasteiger partial charge in [0, 0.05) is 6.42 Å². The molecule has 0 N–H and O–H groups in total. The first-order valence-corrected chi connectivity index (χ1v) is 11.5. The first-order valence-electron chi connectivity index (χ1n) is 8.56. The van der Waals surface area contributed by atoms with E-state index in [2.05, 4.69) is 13.1 Å². The summed E-state index contributed by atoms with van der Waals surface area (Å²) in [5.41, 5.74) is -1.80. The summed E-state index contributed by atoms with van der Waals surface area (Å²) in [5, 5.41) is 1.12. The number of cyclic esters (lactones) is 1. The van der Waals surface area contributed by atoms with Crippen LogP contribution in [-0.2, 0) is 23.5 Å². The van der Waals surface area contributed by atoms with Gasteiger partial charge in [-0.3, -0.25) is 4.79 Å². The van der Waals surface area contributed by atoms with Gasteiger partial charge in [-0.05, 0) is 23.7 Å². The van der Waals surface area contributed by atoms with Gasteiger partial charge in [0.05, 0.1) is 13.5 Å². The van der Waals surface area contributed by atoms with Crippen LogP contribution in [0.4, 0.5) is 0 Å². The molecule has 0 saturated carbocycles. The molecule has 0 spiro atoms. The van der Waals surface area contributed by atoms with Gasteiger partial charge in [-0.1, -0.05) is 51.1 Å². The Hall–Kier alpha value is -1.66. The number of esters is 2. The molecule has 2 rings (SSSR count). The van der Waals surface area contributed by atoms with Crippen molar-refractivity contribution in [1.29, 1.82) is 0 Å². The zero-order valence-corrected chi connectivity index (χ0v) is 16.9. The topological polar surface area (TPSA) is 61.8 Å². The lowest BCUT2D eigenvalue weighted by molar-refractivity contribution is -0.190. The maximum absolute atomic E-state index is 12.6. The van der Waals surface area contributed by atoms with Gasteiger partial charge in [0.1, 0.15) is 6.10 Å². The molecule has 1 aromatic rings. The molecule has 0 aromatic heterocycles. The van der Waals surface area contributed by atoms with E-state index in [4.69, 9.17) is 13.9 Å². The van der Waals surface area contributed by atoms with Crippen LogP contribution in [0.1, 0.15) is 33.6 Å². The molecule has 0 radical (unpaired) electrons. The highest BCUT2D eigenvalue weighted by Gasteiger charge is 2.59. The molecule has 0 unspecified atom stereocenters. The van der Waals surface area contributed by atoms with Crippen LogP contribution in [-0.4, -0.2) is 39.1 Å². The Morgan fingerprint density at radius 2 is 1.84 bits per heavy atom. The van der Waals surface area contributed by atoms with Gasteiger partial charge in [-0.2, -0.15) is 0 Å². The first-order chi connectivity index (χ1) is 11.5.